The summed E-state index contributed by atoms with van der Waals surface area (Å²) in [5.74, 6) is 0.0521. The Bertz CT molecular complexity index is 641. The number of likely N-dealkylation sites (tertiary alicyclic amines) is 1. The third-order valence-electron chi connectivity index (χ3n) is 5.30. The van der Waals surface area contributed by atoms with Crippen molar-refractivity contribution in [2.24, 2.45) is 5.92 Å². The zero-order valence-electron chi connectivity index (χ0n) is 16.1. The zero-order chi connectivity index (χ0) is 18.7. The molecule has 2 aliphatic rings. The molecular weight excluding hydrogens is 328 g/mol. The number of carbonyl (C=O) groups is 2. The second-order valence-electron chi connectivity index (χ2n) is 8.35. The molecule has 0 aromatic carbocycles. The van der Waals surface area contributed by atoms with E-state index in [0.29, 0.717) is 13.0 Å². The van der Waals surface area contributed by atoms with Gasteiger partial charge in [-0.05, 0) is 39.3 Å². The topological polar surface area (TPSA) is 56.8 Å². The van der Waals surface area contributed by atoms with Gasteiger partial charge in [0.25, 0.3) is 0 Å². The summed E-state index contributed by atoms with van der Waals surface area (Å²) >= 11 is 0. The maximum Gasteiger partial charge on any atom is 0.228 e. The Labute approximate surface area is 156 Å². The maximum absolute atomic E-state index is 13.0. The normalized spacial score (nSPS) is 22.6. The first-order chi connectivity index (χ1) is 12.3. The lowest BCUT2D eigenvalue weighted by atomic mass is 10.1. The van der Waals surface area contributed by atoms with Crippen molar-refractivity contribution in [2.45, 2.75) is 45.7 Å². The van der Waals surface area contributed by atoms with Gasteiger partial charge in [-0.3, -0.25) is 19.5 Å². The van der Waals surface area contributed by atoms with Gasteiger partial charge in [0.1, 0.15) is 0 Å². The van der Waals surface area contributed by atoms with Crippen molar-refractivity contribution < 1.29 is 9.59 Å². The molecule has 3 heterocycles. The Morgan fingerprint density at radius 1 is 1.19 bits per heavy atom. The van der Waals surface area contributed by atoms with Gasteiger partial charge in [-0.15, -0.1) is 0 Å². The molecule has 2 fully saturated rings. The molecule has 1 atom stereocenters. The van der Waals surface area contributed by atoms with Crippen LogP contribution in [0.2, 0.25) is 0 Å². The van der Waals surface area contributed by atoms with Gasteiger partial charge in [-0.2, -0.15) is 0 Å². The SMILES string of the molecule is CC(C)(C)N1C[C@@H](C(=O)N2CCCN(Cc3ccccn3)CC2)CC1=O. The van der Waals surface area contributed by atoms with Gasteiger partial charge in [0.2, 0.25) is 11.8 Å². The fraction of sp³-hybridized carbons (Fsp3) is 0.650. The first-order valence-corrected chi connectivity index (χ1v) is 9.56. The Morgan fingerprint density at radius 2 is 2.00 bits per heavy atom. The van der Waals surface area contributed by atoms with Gasteiger partial charge in [-0.25, -0.2) is 0 Å². The van der Waals surface area contributed by atoms with E-state index in [-0.39, 0.29) is 23.3 Å². The summed E-state index contributed by atoms with van der Waals surface area (Å²) in [6.45, 7) is 10.8. The molecule has 142 valence electrons. The highest BCUT2D eigenvalue weighted by Crippen LogP contribution is 2.27. The van der Waals surface area contributed by atoms with Gasteiger partial charge in [-0.1, -0.05) is 6.07 Å². The van der Waals surface area contributed by atoms with Crippen LogP contribution in [0.1, 0.15) is 39.3 Å². The summed E-state index contributed by atoms with van der Waals surface area (Å²) in [7, 11) is 0. The number of hydrogen-bond donors (Lipinski definition) is 0. The van der Waals surface area contributed by atoms with Crippen LogP contribution in [0, 0.1) is 5.92 Å². The molecular formula is C20H30N4O2. The molecule has 0 unspecified atom stereocenters. The summed E-state index contributed by atoms with van der Waals surface area (Å²) in [6.07, 6.45) is 3.13. The van der Waals surface area contributed by atoms with Gasteiger partial charge in [0.05, 0.1) is 11.6 Å². The lowest BCUT2D eigenvalue weighted by molar-refractivity contribution is -0.135. The molecule has 0 bridgehead atoms. The average molecular weight is 358 g/mol. The fourth-order valence-electron chi connectivity index (χ4n) is 3.85. The monoisotopic (exact) mass is 358 g/mol. The quantitative estimate of drug-likeness (QED) is 0.826. The van der Waals surface area contributed by atoms with Crippen molar-refractivity contribution in [1.82, 2.24) is 19.7 Å². The third-order valence-corrected chi connectivity index (χ3v) is 5.30. The van der Waals surface area contributed by atoms with Crippen LogP contribution < -0.4 is 0 Å². The predicted molar refractivity (Wildman–Crippen MR) is 100 cm³/mol. The van der Waals surface area contributed by atoms with E-state index in [2.05, 4.69) is 9.88 Å². The van der Waals surface area contributed by atoms with Crippen LogP contribution >= 0.6 is 0 Å². The molecule has 0 N–H and O–H groups in total. The van der Waals surface area contributed by atoms with Gasteiger partial charge >= 0.3 is 0 Å². The van der Waals surface area contributed by atoms with Crippen molar-refractivity contribution in [3.05, 3.63) is 30.1 Å². The fourth-order valence-corrected chi connectivity index (χ4v) is 3.85. The summed E-state index contributed by atoms with van der Waals surface area (Å²) in [4.78, 5) is 35.8. The Morgan fingerprint density at radius 3 is 2.65 bits per heavy atom. The van der Waals surface area contributed by atoms with E-state index < -0.39 is 0 Å². The van der Waals surface area contributed by atoms with E-state index >= 15 is 0 Å². The maximum atomic E-state index is 13.0. The summed E-state index contributed by atoms with van der Waals surface area (Å²) < 4.78 is 0. The van der Waals surface area contributed by atoms with Crippen molar-refractivity contribution in [2.75, 3.05) is 32.7 Å². The minimum atomic E-state index is -0.218. The number of amides is 2. The molecule has 0 radical (unpaired) electrons. The van der Waals surface area contributed by atoms with Crippen molar-refractivity contribution in [3.8, 4) is 0 Å². The molecule has 0 spiro atoms. The molecule has 6 heteroatoms. The zero-order valence-corrected chi connectivity index (χ0v) is 16.1. The van der Waals surface area contributed by atoms with Crippen LogP contribution in [0.3, 0.4) is 0 Å². The van der Waals surface area contributed by atoms with Crippen LogP contribution in [-0.2, 0) is 16.1 Å². The van der Waals surface area contributed by atoms with Gasteiger partial charge in [0, 0.05) is 57.4 Å². The van der Waals surface area contributed by atoms with Crippen LogP contribution in [-0.4, -0.2) is 69.8 Å². The molecule has 3 rings (SSSR count). The Kier molecular flexibility index (Phi) is 5.61. The molecule has 1 aromatic heterocycles. The number of carbonyl (C=O) groups excluding carboxylic acids is 2. The number of rotatable bonds is 3. The molecule has 1 aromatic rings. The number of hydrogen-bond acceptors (Lipinski definition) is 4. The molecule has 26 heavy (non-hydrogen) atoms. The van der Waals surface area contributed by atoms with E-state index in [1.165, 1.54) is 0 Å². The predicted octanol–water partition coefficient (Wildman–Crippen LogP) is 1.76. The second-order valence-corrected chi connectivity index (χ2v) is 8.35. The van der Waals surface area contributed by atoms with Gasteiger partial charge in [0.15, 0.2) is 0 Å². The highest BCUT2D eigenvalue weighted by Gasteiger charge is 2.40. The van der Waals surface area contributed by atoms with E-state index in [0.717, 1.165) is 44.8 Å². The number of nitrogens with zero attached hydrogens (tertiary/aromatic N) is 4. The number of pyridine rings is 1. The van der Waals surface area contributed by atoms with Crippen LogP contribution in [0.4, 0.5) is 0 Å². The van der Waals surface area contributed by atoms with Crippen LogP contribution in [0.15, 0.2) is 24.4 Å². The highest BCUT2D eigenvalue weighted by atomic mass is 16.2. The molecule has 0 aliphatic carbocycles. The summed E-state index contributed by atoms with van der Waals surface area (Å²) in [5, 5.41) is 0. The average Bonchev–Trinajstić information content (AvgIpc) is 2.85. The molecule has 6 nitrogen and oxygen atoms in total. The van der Waals surface area contributed by atoms with E-state index in [1.807, 2.05) is 55.0 Å². The molecule has 0 saturated carbocycles. The summed E-state index contributed by atoms with van der Waals surface area (Å²) in [5.41, 5.74) is 0.846. The van der Waals surface area contributed by atoms with Gasteiger partial charge < -0.3 is 9.80 Å². The lowest BCUT2D eigenvalue weighted by Crippen LogP contribution is -2.44. The smallest absolute Gasteiger partial charge is 0.228 e. The third kappa shape index (κ3) is 4.41. The minimum absolute atomic E-state index is 0.0995. The van der Waals surface area contributed by atoms with Crippen molar-refractivity contribution in [3.63, 3.8) is 0 Å². The standard InChI is InChI=1S/C20H30N4O2/c1-20(2,3)24-14-16(13-18(24)25)19(26)23-10-6-9-22(11-12-23)15-17-7-4-5-8-21-17/h4-5,7-8,16H,6,9-15H2,1-3H3/t16-/m0/s1. The molecule has 2 amide bonds. The van der Waals surface area contributed by atoms with Crippen LogP contribution in [0.5, 0.6) is 0 Å². The van der Waals surface area contributed by atoms with Crippen LogP contribution in [0.25, 0.3) is 0 Å². The largest absolute Gasteiger partial charge is 0.341 e. The minimum Gasteiger partial charge on any atom is -0.341 e. The first-order valence-electron chi connectivity index (χ1n) is 9.56. The van der Waals surface area contributed by atoms with E-state index in [1.54, 1.807) is 0 Å². The van der Waals surface area contributed by atoms with E-state index in [9.17, 15) is 9.59 Å². The molecule has 2 aliphatic heterocycles. The highest BCUT2D eigenvalue weighted by molar-refractivity contribution is 5.89. The lowest BCUT2D eigenvalue weighted by Gasteiger charge is -2.32. The van der Waals surface area contributed by atoms with Crippen molar-refractivity contribution in [1.29, 1.82) is 0 Å². The summed E-state index contributed by atoms with van der Waals surface area (Å²) in [6, 6.07) is 5.98. The Balaban J connectivity index is 1.56. The second kappa shape index (κ2) is 7.74. The van der Waals surface area contributed by atoms with Crippen molar-refractivity contribution >= 4 is 11.8 Å². The Hall–Kier alpha value is -1.95. The van der Waals surface area contributed by atoms with E-state index in [4.69, 9.17) is 0 Å². The molecule has 2 saturated heterocycles. The number of aromatic nitrogens is 1. The first kappa shape index (κ1) is 18.8.